The molecule has 1 heterocycles. The Bertz CT molecular complexity index is 553. The first-order valence-corrected chi connectivity index (χ1v) is 6.91. The molecule has 0 fully saturated rings. The summed E-state index contributed by atoms with van der Waals surface area (Å²) in [4.78, 5) is 12.8. The number of thiophene rings is 1. The Morgan fingerprint density at radius 1 is 1.42 bits per heavy atom. The van der Waals surface area contributed by atoms with Crippen molar-refractivity contribution in [3.8, 4) is 0 Å². The van der Waals surface area contributed by atoms with Crippen molar-refractivity contribution in [2.75, 3.05) is 17.7 Å². The van der Waals surface area contributed by atoms with Gasteiger partial charge in [0.15, 0.2) is 0 Å². The molecule has 1 aromatic heterocycles. The van der Waals surface area contributed by atoms with E-state index in [-0.39, 0.29) is 5.97 Å². The molecule has 0 atom stereocenters. The van der Waals surface area contributed by atoms with Crippen LogP contribution in [0.2, 0.25) is 0 Å². The van der Waals surface area contributed by atoms with Crippen molar-refractivity contribution in [2.24, 2.45) is 0 Å². The van der Waals surface area contributed by atoms with Gasteiger partial charge < -0.3 is 15.8 Å². The first kappa shape index (κ1) is 13.4. The van der Waals surface area contributed by atoms with E-state index in [1.807, 2.05) is 11.4 Å². The number of nitrogens with two attached hydrogens (primary N) is 1. The van der Waals surface area contributed by atoms with Crippen LogP contribution in [-0.4, -0.2) is 12.6 Å². The number of carbonyl (C=O) groups is 1. The molecule has 0 saturated carbocycles. The minimum atomic E-state index is -0.348. The van der Waals surface area contributed by atoms with Gasteiger partial charge in [-0.15, -0.1) is 11.3 Å². The van der Waals surface area contributed by atoms with Crippen molar-refractivity contribution in [3.05, 3.63) is 46.2 Å². The van der Waals surface area contributed by atoms with Crippen molar-refractivity contribution in [1.29, 1.82) is 0 Å². The zero-order chi connectivity index (χ0) is 13.7. The maximum atomic E-state index is 11.6. The zero-order valence-electron chi connectivity index (χ0n) is 10.7. The van der Waals surface area contributed by atoms with Crippen LogP contribution in [-0.2, 0) is 11.3 Å². The first-order valence-electron chi connectivity index (χ1n) is 6.03. The Kier molecular flexibility index (Phi) is 4.41. The molecule has 2 aromatic rings. The Balaban J connectivity index is 2.04. The Morgan fingerprint density at radius 3 is 2.89 bits per heavy atom. The summed E-state index contributed by atoms with van der Waals surface area (Å²) >= 11 is 1.69. The summed E-state index contributed by atoms with van der Waals surface area (Å²) in [7, 11) is 0. The molecule has 0 aliphatic rings. The standard InChI is InChI=1S/C14H16N2O2S/c1-2-18-14(17)10-5-6-13(12(15)8-10)16-9-11-4-3-7-19-11/h3-8,16H,2,9,15H2,1H3. The van der Waals surface area contributed by atoms with E-state index in [0.717, 1.165) is 12.2 Å². The second kappa shape index (κ2) is 6.24. The fourth-order valence-corrected chi connectivity index (χ4v) is 2.31. The lowest BCUT2D eigenvalue weighted by atomic mass is 10.1. The lowest BCUT2D eigenvalue weighted by Crippen LogP contribution is -2.07. The minimum Gasteiger partial charge on any atom is -0.462 e. The second-order valence-electron chi connectivity index (χ2n) is 3.96. The molecule has 100 valence electrons. The largest absolute Gasteiger partial charge is 0.462 e. The van der Waals surface area contributed by atoms with Gasteiger partial charge in [-0.1, -0.05) is 6.07 Å². The molecular formula is C14H16N2O2S. The van der Waals surface area contributed by atoms with E-state index in [1.165, 1.54) is 4.88 Å². The molecule has 0 radical (unpaired) electrons. The van der Waals surface area contributed by atoms with Crippen LogP contribution in [0.3, 0.4) is 0 Å². The second-order valence-corrected chi connectivity index (χ2v) is 4.99. The highest BCUT2D eigenvalue weighted by Crippen LogP contribution is 2.22. The van der Waals surface area contributed by atoms with Crippen LogP contribution >= 0.6 is 11.3 Å². The van der Waals surface area contributed by atoms with Crippen molar-refractivity contribution in [1.82, 2.24) is 0 Å². The van der Waals surface area contributed by atoms with Crippen LogP contribution in [0.15, 0.2) is 35.7 Å². The number of benzene rings is 1. The van der Waals surface area contributed by atoms with E-state index in [4.69, 9.17) is 10.5 Å². The van der Waals surface area contributed by atoms with Crippen LogP contribution in [0, 0.1) is 0 Å². The number of hydrogen-bond donors (Lipinski definition) is 2. The molecule has 3 N–H and O–H groups in total. The average Bonchev–Trinajstić information content (AvgIpc) is 2.90. The zero-order valence-corrected chi connectivity index (χ0v) is 11.5. The van der Waals surface area contributed by atoms with Gasteiger partial charge in [-0.25, -0.2) is 4.79 Å². The summed E-state index contributed by atoms with van der Waals surface area (Å²) in [6.07, 6.45) is 0. The summed E-state index contributed by atoms with van der Waals surface area (Å²) in [6, 6.07) is 9.21. The monoisotopic (exact) mass is 276 g/mol. The van der Waals surface area contributed by atoms with E-state index >= 15 is 0 Å². The quantitative estimate of drug-likeness (QED) is 0.650. The van der Waals surface area contributed by atoms with Crippen LogP contribution in [0.5, 0.6) is 0 Å². The first-order chi connectivity index (χ1) is 9.20. The summed E-state index contributed by atoms with van der Waals surface area (Å²) in [6.45, 7) is 2.86. The molecule has 0 saturated heterocycles. The van der Waals surface area contributed by atoms with E-state index < -0.39 is 0 Å². The van der Waals surface area contributed by atoms with Crippen molar-refractivity contribution < 1.29 is 9.53 Å². The summed E-state index contributed by atoms with van der Waals surface area (Å²) in [5.74, 6) is -0.348. The fourth-order valence-electron chi connectivity index (χ4n) is 1.66. The van der Waals surface area contributed by atoms with Crippen LogP contribution in [0.25, 0.3) is 0 Å². The Labute approximate surface area is 116 Å². The predicted molar refractivity (Wildman–Crippen MR) is 78.5 cm³/mol. The van der Waals surface area contributed by atoms with Gasteiger partial charge in [-0.05, 0) is 36.6 Å². The lowest BCUT2D eigenvalue weighted by molar-refractivity contribution is 0.0526. The molecule has 0 spiro atoms. The highest BCUT2D eigenvalue weighted by Gasteiger charge is 2.08. The molecule has 0 bridgehead atoms. The normalized spacial score (nSPS) is 10.2. The van der Waals surface area contributed by atoms with Gasteiger partial charge in [0.1, 0.15) is 0 Å². The van der Waals surface area contributed by atoms with Gasteiger partial charge in [-0.3, -0.25) is 0 Å². The van der Waals surface area contributed by atoms with Crippen LogP contribution in [0.4, 0.5) is 11.4 Å². The maximum Gasteiger partial charge on any atom is 0.338 e. The number of nitrogen functional groups attached to an aromatic ring is 1. The fraction of sp³-hybridized carbons (Fsp3) is 0.214. The van der Waals surface area contributed by atoms with Crippen LogP contribution < -0.4 is 11.1 Å². The van der Waals surface area contributed by atoms with E-state index in [2.05, 4.69) is 11.4 Å². The van der Waals surface area contributed by atoms with E-state index in [0.29, 0.717) is 17.9 Å². The number of hydrogen-bond acceptors (Lipinski definition) is 5. The van der Waals surface area contributed by atoms with E-state index in [9.17, 15) is 4.79 Å². The SMILES string of the molecule is CCOC(=O)c1ccc(NCc2cccs2)c(N)c1. The van der Waals surface area contributed by atoms with Gasteiger partial charge in [0.25, 0.3) is 0 Å². The van der Waals surface area contributed by atoms with Gasteiger partial charge in [-0.2, -0.15) is 0 Å². The minimum absolute atomic E-state index is 0.348. The van der Waals surface area contributed by atoms with Crippen LogP contribution in [0.1, 0.15) is 22.2 Å². The third kappa shape index (κ3) is 3.48. The summed E-state index contributed by atoms with van der Waals surface area (Å²) < 4.78 is 4.93. The molecular weight excluding hydrogens is 260 g/mol. The third-order valence-electron chi connectivity index (χ3n) is 2.60. The Hall–Kier alpha value is -2.01. The van der Waals surface area contributed by atoms with Gasteiger partial charge >= 0.3 is 5.97 Å². The highest BCUT2D eigenvalue weighted by atomic mass is 32.1. The van der Waals surface area contributed by atoms with E-state index in [1.54, 1.807) is 36.5 Å². The van der Waals surface area contributed by atoms with Crippen molar-refractivity contribution >= 4 is 28.7 Å². The highest BCUT2D eigenvalue weighted by molar-refractivity contribution is 7.09. The molecule has 5 heteroatoms. The number of carbonyl (C=O) groups excluding carboxylic acids is 1. The third-order valence-corrected chi connectivity index (χ3v) is 3.47. The van der Waals surface area contributed by atoms with Crippen molar-refractivity contribution in [2.45, 2.75) is 13.5 Å². The molecule has 2 rings (SSSR count). The molecule has 0 aliphatic carbocycles. The number of ether oxygens (including phenoxy) is 1. The number of nitrogens with one attached hydrogen (secondary N) is 1. The summed E-state index contributed by atoms with van der Waals surface area (Å²) in [5, 5.41) is 5.28. The molecule has 0 aliphatic heterocycles. The molecule has 19 heavy (non-hydrogen) atoms. The predicted octanol–water partition coefficient (Wildman–Crippen LogP) is 3.12. The van der Waals surface area contributed by atoms with Gasteiger partial charge in [0, 0.05) is 11.4 Å². The smallest absolute Gasteiger partial charge is 0.338 e. The molecule has 0 amide bonds. The number of anilines is 2. The van der Waals surface area contributed by atoms with Gasteiger partial charge in [0.2, 0.25) is 0 Å². The lowest BCUT2D eigenvalue weighted by Gasteiger charge is -2.10. The molecule has 4 nitrogen and oxygen atoms in total. The average molecular weight is 276 g/mol. The number of esters is 1. The maximum absolute atomic E-state index is 11.6. The summed E-state index contributed by atoms with van der Waals surface area (Å²) in [5.41, 5.74) is 7.77. The number of rotatable bonds is 5. The molecule has 0 unspecified atom stereocenters. The van der Waals surface area contributed by atoms with Crippen molar-refractivity contribution in [3.63, 3.8) is 0 Å². The Morgan fingerprint density at radius 2 is 2.26 bits per heavy atom. The topological polar surface area (TPSA) is 64.3 Å². The molecule has 1 aromatic carbocycles. The van der Waals surface area contributed by atoms with Gasteiger partial charge in [0.05, 0.1) is 23.5 Å².